The second-order valence-corrected chi connectivity index (χ2v) is 5.91. The summed E-state index contributed by atoms with van der Waals surface area (Å²) in [6.45, 7) is 0.624. The van der Waals surface area contributed by atoms with Crippen molar-refractivity contribution >= 4 is 5.97 Å². The summed E-state index contributed by atoms with van der Waals surface area (Å²) in [7, 11) is 1.64. The van der Waals surface area contributed by atoms with Crippen LogP contribution in [-0.2, 0) is 19.0 Å². The van der Waals surface area contributed by atoms with E-state index in [2.05, 4.69) is 0 Å². The number of fused-ring (bicyclic) bond motifs is 3. The fourth-order valence-electron chi connectivity index (χ4n) is 3.68. The van der Waals surface area contributed by atoms with E-state index < -0.39 is 0 Å². The Bertz CT molecular complexity index is 540. The summed E-state index contributed by atoms with van der Waals surface area (Å²) in [5.41, 5.74) is 0.989. The molecule has 21 heavy (non-hydrogen) atoms. The summed E-state index contributed by atoms with van der Waals surface area (Å²) in [5, 5.41) is 0. The van der Waals surface area contributed by atoms with Gasteiger partial charge in [0.2, 0.25) is 0 Å². The Morgan fingerprint density at radius 3 is 2.71 bits per heavy atom. The topological polar surface area (TPSA) is 54.0 Å². The maximum atomic E-state index is 11.4. The Balaban J connectivity index is 1.46. The van der Waals surface area contributed by atoms with Crippen LogP contribution in [0, 0.1) is 11.8 Å². The van der Waals surface area contributed by atoms with Gasteiger partial charge in [0.1, 0.15) is 11.9 Å². The molecule has 4 rings (SSSR count). The van der Waals surface area contributed by atoms with Crippen molar-refractivity contribution in [3.05, 3.63) is 29.8 Å². The Labute approximate surface area is 123 Å². The van der Waals surface area contributed by atoms with Gasteiger partial charge in [-0.2, -0.15) is 0 Å². The zero-order valence-corrected chi connectivity index (χ0v) is 11.9. The smallest absolute Gasteiger partial charge is 0.306 e. The highest BCUT2D eigenvalue weighted by Crippen LogP contribution is 2.47. The van der Waals surface area contributed by atoms with E-state index in [0.717, 1.165) is 17.7 Å². The molecule has 2 heterocycles. The van der Waals surface area contributed by atoms with Gasteiger partial charge in [-0.3, -0.25) is 4.79 Å². The van der Waals surface area contributed by atoms with Crippen LogP contribution in [0.1, 0.15) is 24.7 Å². The maximum Gasteiger partial charge on any atom is 0.306 e. The first-order valence-electron chi connectivity index (χ1n) is 7.35. The van der Waals surface area contributed by atoms with Crippen LogP contribution >= 0.6 is 0 Å². The van der Waals surface area contributed by atoms with Crippen molar-refractivity contribution in [2.24, 2.45) is 11.8 Å². The predicted octanol–water partition coefficient (Wildman–Crippen LogP) is 2.06. The molecule has 1 aromatic carbocycles. The van der Waals surface area contributed by atoms with E-state index in [-0.39, 0.29) is 36.3 Å². The molecule has 0 bridgehead atoms. The molecule has 0 N–H and O–H groups in total. The maximum absolute atomic E-state index is 11.4. The van der Waals surface area contributed by atoms with E-state index in [9.17, 15) is 4.79 Å². The van der Waals surface area contributed by atoms with Crippen molar-refractivity contribution in [1.82, 2.24) is 0 Å². The molecule has 1 aliphatic carbocycles. The Morgan fingerprint density at radius 1 is 1.14 bits per heavy atom. The number of esters is 1. The molecule has 3 aliphatic rings. The Morgan fingerprint density at radius 2 is 1.95 bits per heavy atom. The number of hydrogen-bond donors (Lipinski definition) is 0. The minimum absolute atomic E-state index is 0.0192. The molecule has 112 valence electrons. The van der Waals surface area contributed by atoms with E-state index in [1.807, 2.05) is 24.3 Å². The van der Waals surface area contributed by atoms with E-state index in [1.54, 1.807) is 7.11 Å². The second kappa shape index (κ2) is 5.00. The molecule has 0 spiro atoms. The average Bonchev–Trinajstić information content (AvgIpc) is 3.02. The number of carbonyl (C=O) groups is 1. The number of hydrogen-bond acceptors (Lipinski definition) is 5. The molecule has 0 radical (unpaired) electrons. The Kier molecular flexibility index (Phi) is 3.12. The molecule has 5 atom stereocenters. The average molecular weight is 290 g/mol. The third kappa shape index (κ3) is 2.21. The molecule has 0 aromatic heterocycles. The van der Waals surface area contributed by atoms with E-state index >= 15 is 0 Å². The minimum Gasteiger partial charge on any atom is -0.497 e. The molecule has 5 heteroatoms. The number of ether oxygens (including phenoxy) is 4. The van der Waals surface area contributed by atoms with Gasteiger partial charge in [0.25, 0.3) is 0 Å². The molecular weight excluding hydrogens is 272 g/mol. The highest BCUT2D eigenvalue weighted by Gasteiger charge is 2.53. The number of carbonyl (C=O) groups excluding carboxylic acids is 1. The van der Waals surface area contributed by atoms with Crippen LogP contribution in [0.5, 0.6) is 5.75 Å². The quantitative estimate of drug-likeness (QED) is 0.780. The largest absolute Gasteiger partial charge is 0.497 e. The van der Waals surface area contributed by atoms with Crippen molar-refractivity contribution in [1.29, 1.82) is 0 Å². The van der Waals surface area contributed by atoms with Crippen LogP contribution in [0.15, 0.2) is 24.3 Å². The standard InChI is InChI=1S/C16H18O5/c1-18-10-4-2-9(3-5-10)16-19-8-12-11-6-15(17)20-13(11)7-14(12)21-16/h2-5,11-14,16H,6-8H2,1H3/t11-,12-,13?,14-,16?/m1/s1. The van der Waals surface area contributed by atoms with Gasteiger partial charge >= 0.3 is 5.97 Å². The van der Waals surface area contributed by atoms with Crippen molar-refractivity contribution in [3.63, 3.8) is 0 Å². The van der Waals surface area contributed by atoms with Gasteiger partial charge in [-0.15, -0.1) is 0 Å². The summed E-state index contributed by atoms with van der Waals surface area (Å²) in [5.74, 6) is 1.27. The first kappa shape index (κ1) is 13.1. The fraction of sp³-hybridized carbons (Fsp3) is 0.562. The van der Waals surface area contributed by atoms with Gasteiger partial charge in [-0.25, -0.2) is 0 Å². The van der Waals surface area contributed by atoms with Crippen LogP contribution in [0.4, 0.5) is 0 Å². The van der Waals surface area contributed by atoms with Crippen LogP contribution in [0.3, 0.4) is 0 Å². The lowest BCUT2D eigenvalue weighted by molar-refractivity contribution is -0.238. The van der Waals surface area contributed by atoms with Gasteiger partial charge in [0.05, 0.1) is 26.2 Å². The lowest BCUT2D eigenvalue weighted by atomic mass is 9.92. The minimum atomic E-state index is -0.341. The lowest BCUT2D eigenvalue weighted by Gasteiger charge is -2.34. The molecule has 2 aliphatic heterocycles. The molecule has 1 aromatic rings. The van der Waals surface area contributed by atoms with E-state index in [4.69, 9.17) is 18.9 Å². The summed E-state index contributed by atoms with van der Waals surface area (Å²) in [6.07, 6.45) is 1.09. The van der Waals surface area contributed by atoms with Gasteiger partial charge in [0.15, 0.2) is 6.29 Å². The molecule has 2 saturated heterocycles. The molecule has 3 fully saturated rings. The van der Waals surface area contributed by atoms with E-state index in [0.29, 0.717) is 13.0 Å². The van der Waals surface area contributed by atoms with Crippen LogP contribution in [-0.4, -0.2) is 31.9 Å². The summed E-state index contributed by atoms with van der Waals surface area (Å²) < 4.78 is 22.5. The highest BCUT2D eigenvalue weighted by atomic mass is 16.7. The third-order valence-corrected chi connectivity index (χ3v) is 4.78. The molecule has 0 amide bonds. The molecular formula is C16H18O5. The van der Waals surface area contributed by atoms with Crippen molar-refractivity contribution in [2.45, 2.75) is 31.3 Å². The normalized spacial score (nSPS) is 37.8. The second-order valence-electron chi connectivity index (χ2n) is 5.91. The molecule has 5 nitrogen and oxygen atoms in total. The van der Waals surface area contributed by atoms with Gasteiger partial charge in [-0.05, 0) is 12.1 Å². The highest BCUT2D eigenvalue weighted by molar-refractivity contribution is 5.72. The number of methoxy groups -OCH3 is 1. The van der Waals surface area contributed by atoms with E-state index in [1.165, 1.54) is 0 Å². The first-order chi connectivity index (χ1) is 10.2. The van der Waals surface area contributed by atoms with Crippen molar-refractivity contribution < 1.29 is 23.7 Å². The summed E-state index contributed by atoms with van der Waals surface area (Å²) >= 11 is 0. The molecule has 1 saturated carbocycles. The fourth-order valence-corrected chi connectivity index (χ4v) is 3.68. The van der Waals surface area contributed by atoms with Crippen molar-refractivity contribution in [2.75, 3.05) is 13.7 Å². The third-order valence-electron chi connectivity index (χ3n) is 4.78. The predicted molar refractivity (Wildman–Crippen MR) is 72.7 cm³/mol. The monoisotopic (exact) mass is 290 g/mol. The van der Waals surface area contributed by atoms with Crippen LogP contribution in [0.2, 0.25) is 0 Å². The van der Waals surface area contributed by atoms with Gasteiger partial charge in [-0.1, -0.05) is 12.1 Å². The first-order valence-corrected chi connectivity index (χ1v) is 7.35. The SMILES string of the molecule is COc1ccc(C2OC[C@H]3[C@@H](CC4OC(=O)C[C@@H]43)O2)cc1. The summed E-state index contributed by atoms with van der Waals surface area (Å²) in [4.78, 5) is 11.4. The van der Waals surface area contributed by atoms with Gasteiger partial charge in [0, 0.05) is 23.8 Å². The number of benzene rings is 1. The Hall–Kier alpha value is -1.59. The zero-order chi connectivity index (χ0) is 14.4. The zero-order valence-electron chi connectivity index (χ0n) is 11.9. The van der Waals surface area contributed by atoms with Gasteiger partial charge < -0.3 is 18.9 Å². The summed E-state index contributed by atoms with van der Waals surface area (Å²) in [6, 6.07) is 7.72. The number of rotatable bonds is 2. The lowest BCUT2D eigenvalue weighted by Crippen LogP contribution is -2.35. The van der Waals surface area contributed by atoms with Crippen LogP contribution < -0.4 is 4.74 Å². The van der Waals surface area contributed by atoms with Crippen molar-refractivity contribution in [3.8, 4) is 5.75 Å². The molecule has 2 unspecified atom stereocenters. The van der Waals surface area contributed by atoms with Crippen LogP contribution in [0.25, 0.3) is 0 Å².